The molecule has 0 aliphatic carbocycles. The number of rotatable bonds is 4. The minimum atomic E-state index is -0.0412. The number of amides is 1. The maximum absolute atomic E-state index is 12.3. The molecule has 4 rings (SSSR count). The van der Waals surface area contributed by atoms with E-state index in [1.165, 1.54) is 12.6 Å². The maximum Gasteiger partial charge on any atom is 0.251 e. The molecule has 2 bridgehead atoms. The van der Waals surface area contributed by atoms with E-state index in [0.717, 1.165) is 12.8 Å². The molecule has 0 saturated carbocycles. The number of fused-ring (bicyclic) bond motifs is 2. The molecule has 0 unspecified atom stereocenters. The van der Waals surface area contributed by atoms with E-state index in [1.54, 1.807) is 24.3 Å². The number of nitrogens with zero attached hydrogens (tertiary/aromatic N) is 1. The average molecular weight is 333 g/mol. The van der Waals surface area contributed by atoms with Gasteiger partial charge in [0, 0.05) is 23.7 Å². The van der Waals surface area contributed by atoms with E-state index in [-0.39, 0.29) is 17.2 Å². The molecule has 3 atom stereocenters. The van der Waals surface area contributed by atoms with Gasteiger partial charge < -0.3 is 15.4 Å². The third kappa shape index (κ3) is 3.04. The number of ether oxygens (including phenoxy) is 1. The maximum atomic E-state index is 12.3. The van der Waals surface area contributed by atoms with Crippen molar-refractivity contribution in [3.8, 4) is 11.6 Å². The molecular weight excluding hydrogens is 316 g/mol. The van der Waals surface area contributed by atoms with Gasteiger partial charge in [0.15, 0.2) is 0 Å². The fourth-order valence-corrected chi connectivity index (χ4v) is 3.51. The zero-order valence-electron chi connectivity index (χ0n) is 12.4. The van der Waals surface area contributed by atoms with Crippen LogP contribution in [0.15, 0.2) is 30.5 Å². The zero-order chi connectivity index (χ0) is 15.8. The fourth-order valence-electron chi connectivity index (χ4n) is 3.37. The predicted octanol–water partition coefficient (Wildman–Crippen LogP) is 2.48. The Balaban J connectivity index is 1.38. The second-order valence-electron chi connectivity index (χ2n) is 6.03. The van der Waals surface area contributed by atoms with Crippen LogP contribution in [0.5, 0.6) is 11.6 Å². The highest BCUT2D eigenvalue weighted by Gasteiger charge is 2.39. The van der Waals surface area contributed by atoms with Crippen LogP contribution in [-0.4, -0.2) is 34.0 Å². The van der Waals surface area contributed by atoms with Crippen molar-refractivity contribution in [1.82, 2.24) is 20.6 Å². The van der Waals surface area contributed by atoms with Crippen molar-refractivity contribution in [2.75, 3.05) is 0 Å². The Bertz CT molecular complexity index is 715. The first-order chi connectivity index (χ1) is 11.2. The van der Waals surface area contributed by atoms with Crippen LogP contribution in [0.4, 0.5) is 0 Å². The summed E-state index contributed by atoms with van der Waals surface area (Å²) in [6.07, 6.45) is 4.90. The number of nitrogens with one attached hydrogen (secondary N) is 3. The topological polar surface area (TPSA) is 79.0 Å². The van der Waals surface area contributed by atoms with Crippen molar-refractivity contribution in [2.24, 2.45) is 0 Å². The number of hydrogen-bond donors (Lipinski definition) is 3. The molecule has 2 aliphatic rings. The molecule has 120 valence electrons. The van der Waals surface area contributed by atoms with Crippen molar-refractivity contribution in [1.29, 1.82) is 0 Å². The van der Waals surface area contributed by atoms with Crippen molar-refractivity contribution in [3.05, 3.63) is 41.3 Å². The van der Waals surface area contributed by atoms with E-state index >= 15 is 0 Å². The van der Waals surface area contributed by atoms with Crippen LogP contribution in [0, 0.1) is 0 Å². The number of carbonyl (C=O) groups is 1. The van der Waals surface area contributed by atoms with Crippen LogP contribution in [0.1, 0.15) is 29.6 Å². The number of imidazole rings is 1. The SMILES string of the molecule is O=C(N[C@@H]1C[C@H]2CC[C@@H]1N2)c1ccc(Oc2cnc(Cl)[nH]2)cc1. The number of benzene rings is 1. The summed E-state index contributed by atoms with van der Waals surface area (Å²) in [6.45, 7) is 0. The summed E-state index contributed by atoms with van der Waals surface area (Å²) in [5.41, 5.74) is 0.628. The quantitative estimate of drug-likeness (QED) is 0.803. The predicted molar refractivity (Wildman–Crippen MR) is 85.9 cm³/mol. The first-order valence-electron chi connectivity index (χ1n) is 7.73. The molecular formula is C16H17ClN4O2. The van der Waals surface area contributed by atoms with Gasteiger partial charge in [-0.3, -0.25) is 9.78 Å². The fraction of sp³-hybridized carbons (Fsp3) is 0.375. The van der Waals surface area contributed by atoms with E-state index < -0.39 is 0 Å². The lowest BCUT2D eigenvalue weighted by Crippen LogP contribution is -2.42. The van der Waals surface area contributed by atoms with E-state index in [0.29, 0.717) is 29.3 Å². The van der Waals surface area contributed by atoms with Crippen LogP contribution in [0.2, 0.25) is 5.28 Å². The highest BCUT2D eigenvalue weighted by Crippen LogP contribution is 2.28. The van der Waals surface area contributed by atoms with Crippen LogP contribution < -0.4 is 15.4 Å². The molecule has 7 heteroatoms. The van der Waals surface area contributed by atoms with Gasteiger partial charge in [-0.1, -0.05) is 0 Å². The molecule has 6 nitrogen and oxygen atoms in total. The van der Waals surface area contributed by atoms with Gasteiger partial charge in [0.1, 0.15) is 5.75 Å². The highest BCUT2D eigenvalue weighted by molar-refractivity contribution is 6.28. The second kappa shape index (κ2) is 5.86. The minimum absolute atomic E-state index is 0.0412. The van der Waals surface area contributed by atoms with Crippen LogP contribution in [0.3, 0.4) is 0 Å². The number of H-pyrrole nitrogens is 1. The first-order valence-corrected chi connectivity index (χ1v) is 8.10. The summed E-state index contributed by atoms with van der Waals surface area (Å²) in [5.74, 6) is 1.03. The summed E-state index contributed by atoms with van der Waals surface area (Å²) >= 11 is 5.70. The van der Waals surface area contributed by atoms with Crippen LogP contribution in [0.25, 0.3) is 0 Å². The molecule has 0 radical (unpaired) electrons. The lowest BCUT2D eigenvalue weighted by atomic mass is 9.95. The number of halogens is 1. The van der Waals surface area contributed by atoms with E-state index in [1.807, 2.05) is 0 Å². The first kappa shape index (κ1) is 14.5. The molecule has 23 heavy (non-hydrogen) atoms. The number of carbonyl (C=O) groups excluding carboxylic acids is 1. The van der Waals surface area contributed by atoms with Gasteiger partial charge in [0.25, 0.3) is 5.91 Å². The monoisotopic (exact) mass is 332 g/mol. The van der Waals surface area contributed by atoms with E-state index in [4.69, 9.17) is 16.3 Å². The summed E-state index contributed by atoms with van der Waals surface area (Å²) in [4.78, 5) is 19.0. The van der Waals surface area contributed by atoms with Crippen molar-refractivity contribution < 1.29 is 9.53 Å². The molecule has 1 aromatic heterocycles. The normalized spacial score (nSPS) is 25.5. The molecule has 2 fully saturated rings. The largest absolute Gasteiger partial charge is 0.439 e. The smallest absolute Gasteiger partial charge is 0.251 e. The van der Waals surface area contributed by atoms with Gasteiger partial charge in [-0.05, 0) is 55.1 Å². The Morgan fingerprint density at radius 2 is 2.13 bits per heavy atom. The van der Waals surface area contributed by atoms with Crippen molar-refractivity contribution >= 4 is 17.5 Å². The number of hydrogen-bond acceptors (Lipinski definition) is 4. The summed E-state index contributed by atoms with van der Waals surface area (Å²) in [7, 11) is 0. The molecule has 0 spiro atoms. The van der Waals surface area contributed by atoms with Gasteiger partial charge in [-0.2, -0.15) is 0 Å². The lowest BCUT2D eigenvalue weighted by molar-refractivity contribution is 0.0931. The Hall–Kier alpha value is -2.05. The van der Waals surface area contributed by atoms with Crippen LogP contribution >= 0.6 is 11.6 Å². The standard InChI is InChI=1S/C16H17ClN4O2/c17-16-18-8-14(21-16)23-11-4-1-9(2-5-11)15(22)20-13-7-10-3-6-12(13)19-10/h1-2,4-5,8,10,12-13,19H,3,6-7H2,(H,18,21)(H,20,22)/t10-,12+,13-/m1/s1. The number of aromatic nitrogens is 2. The zero-order valence-corrected chi connectivity index (χ0v) is 13.1. The Labute approximate surface area is 138 Å². The van der Waals surface area contributed by atoms with Crippen molar-refractivity contribution in [2.45, 2.75) is 37.4 Å². The summed E-state index contributed by atoms with van der Waals surface area (Å²) < 4.78 is 5.56. The molecule has 2 aliphatic heterocycles. The van der Waals surface area contributed by atoms with Gasteiger partial charge in [0.05, 0.1) is 6.20 Å². The Morgan fingerprint density at radius 1 is 1.30 bits per heavy atom. The van der Waals surface area contributed by atoms with Crippen LogP contribution in [-0.2, 0) is 0 Å². The lowest BCUT2D eigenvalue weighted by Gasteiger charge is -2.21. The van der Waals surface area contributed by atoms with E-state index in [9.17, 15) is 4.79 Å². The summed E-state index contributed by atoms with van der Waals surface area (Å²) in [6, 6.07) is 8.25. The van der Waals surface area contributed by atoms with Gasteiger partial charge in [-0.15, -0.1) is 0 Å². The summed E-state index contributed by atoms with van der Waals surface area (Å²) in [5, 5.41) is 6.91. The second-order valence-corrected chi connectivity index (χ2v) is 6.39. The molecule has 3 N–H and O–H groups in total. The molecule has 2 saturated heterocycles. The molecule has 1 amide bonds. The molecule has 3 heterocycles. The Morgan fingerprint density at radius 3 is 2.74 bits per heavy atom. The van der Waals surface area contributed by atoms with Gasteiger partial charge in [0.2, 0.25) is 11.2 Å². The minimum Gasteiger partial charge on any atom is -0.439 e. The van der Waals surface area contributed by atoms with Gasteiger partial charge in [-0.25, -0.2) is 4.98 Å². The third-order valence-corrected chi connectivity index (χ3v) is 4.67. The third-order valence-electron chi connectivity index (χ3n) is 4.48. The molecule has 1 aromatic carbocycles. The molecule has 2 aromatic rings. The number of aromatic amines is 1. The van der Waals surface area contributed by atoms with Crippen molar-refractivity contribution in [3.63, 3.8) is 0 Å². The van der Waals surface area contributed by atoms with Gasteiger partial charge >= 0.3 is 0 Å². The Kier molecular flexibility index (Phi) is 3.71. The van der Waals surface area contributed by atoms with E-state index in [2.05, 4.69) is 20.6 Å². The average Bonchev–Trinajstić information content (AvgIpc) is 3.25. The highest BCUT2D eigenvalue weighted by atomic mass is 35.5.